The number of halogens is 1. The number of benzene rings is 1. The van der Waals surface area contributed by atoms with Crippen LogP contribution in [0.4, 0.5) is 4.39 Å². The number of amides is 1. The van der Waals surface area contributed by atoms with E-state index in [0.717, 1.165) is 16.8 Å². The Morgan fingerprint density at radius 3 is 2.54 bits per heavy atom. The molecule has 0 spiro atoms. The van der Waals surface area contributed by atoms with E-state index in [1.807, 2.05) is 27.8 Å². The monoisotopic (exact) mass is 356 g/mol. The zero-order valence-corrected chi connectivity index (χ0v) is 15.2. The Morgan fingerprint density at radius 1 is 1.27 bits per heavy atom. The Balaban J connectivity index is 1.80. The van der Waals surface area contributed by atoms with Crippen molar-refractivity contribution in [3.05, 3.63) is 59.3 Å². The summed E-state index contributed by atoms with van der Waals surface area (Å²) in [5, 5.41) is 11.0. The summed E-state index contributed by atoms with van der Waals surface area (Å²) in [5.74, 6) is -0.0416. The van der Waals surface area contributed by atoms with Gasteiger partial charge in [-0.2, -0.15) is 5.10 Å². The van der Waals surface area contributed by atoms with Gasteiger partial charge in [-0.3, -0.25) is 9.48 Å². The van der Waals surface area contributed by atoms with Gasteiger partial charge in [0.25, 0.3) is 5.91 Å². The lowest BCUT2D eigenvalue weighted by Gasteiger charge is -2.22. The van der Waals surface area contributed by atoms with Crippen LogP contribution in [0.2, 0.25) is 0 Å². The van der Waals surface area contributed by atoms with Crippen LogP contribution in [-0.4, -0.2) is 20.8 Å². The minimum atomic E-state index is -0.343. The van der Waals surface area contributed by atoms with Gasteiger partial charge in [-0.15, -0.1) is 0 Å². The molecule has 3 rings (SSSR count). The molecule has 0 aliphatic rings. The van der Waals surface area contributed by atoms with E-state index < -0.39 is 0 Å². The third kappa shape index (κ3) is 3.51. The molecule has 1 atom stereocenters. The van der Waals surface area contributed by atoms with E-state index in [-0.39, 0.29) is 29.4 Å². The highest BCUT2D eigenvalue weighted by Gasteiger charge is 2.22. The van der Waals surface area contributed by atoms with Gasteiger partial charge in [0.05, 0.1) is 17.8 Å². The third-order valence-electron chi connectivity index (χ3n) is 4.43. The van der Waals surface area contributed by atoms with Crippen molar-refractivity contribution in [2.45, 2.75) is 26.8 Å². The van der Waals surface area contributed by atoms with E-state index in [4.69, 9.17) is 4.52 Å². The molecule has 0 radical (unpaired) electrons. The van der Waals surface area contributed by atoms with Crippen LogP contribution in [0.3, 0.4) is 0 Å². The van der Waals surface area contributed by atoms with E-state index in [2.05, 4.69) is 15.6 Å². The molecule has 136 valence electrons. The van der Waals surface area contributed by atoms with Crippen LogP contribution in [0.15, 0.2) is 41.1 Å². The van der Waals surface area contributed by atoms with Crippen molar-refractivity contribution in [1.82, 2.24) is 20.3 Å². The smallest absolute Gasteiger partial charge is 0.273 e. The predicted octanol–water partition coefficient (Wildman–Crippen LogP) is 3.65. The zero-order chi connectivity index (χ0) is 18.8. The number of carbonyl (C=O) groups excluding carboxylic acids is 1. The Hall–Kier alpha value is -2.96. The molecule has 7 heteroatoms. The number of carbonyl (C=O) groups is 1. The summed E-state index contributed by atoms with van der Waals surface area (Å²) < 4.78 is 20.2. The number of aromatic nitrogens is 3. The number of rotatable bonds is 5. The Morgan fingerprint density at radius 2 is 1.96 bits per heavy atom. The number of aryl methyl sites for hydroxylation is 1. The molecule has 1 aromatic carbocycles. The summed E-state index contributed by atoms with van der Waals surface area (Å²) in [6, 6.07) is 7.46. The van der Waals surface area contributed by atoms with Crippen molar-refractivity contribution >= 4 is 5.91 Å². The first-order chi connectivity index (χ1) is 12.4. The first-order valence-corrected chi connectivity index (χ1v) is 8.39. The average molecular weight is 356 g/mol. The molecule has 6 nitrogen and oxygen atoms in total. The SMILES string of the molecule is Cc1c(-c2cc(C(=O)N[C@@H](c3ccc(F)cc3)C(C)C)no2)cnn1C. The van der Waals surface area contributed by atoms with Crippen LogP contribution in [0.25, 0.3) is 11.3 Å². The Kier molecular flexibility index (Phi) is 4.88. The van der Waals surface area contributed by atoms with Crippen molar-refractivity contribution in [2.75, 3.05) is 0 Å². The first-order valence-electron chi connectivity index (χ1n) is 8.39. The lowest BCUT2D eigenvalue weighted by Crippen LogP contribution is -2.31. The van der Waals surface area contributed by atoms with Gasteiger partial charge < -0.3 is 9.84 Å². The average Bonchev–Trinajstić information content (AvgIpc) is 3.21. The van der Waals surface area contributed by atoms with Crippen molar-refractivity contribution < 1.29 is 13.7 Å². The number of hydrogen-bond donors (Lipinski definition) is 1. The third-order valence-corrected chi connectivity index (χ3v) is 4.43. The van der Waals surface area contributed by atoms with E-state index >= 15 is 0 Å². The maximum atomic E-state index is 13.2. The quantitative estimate of drug-likeness (QED) is 0.757. The highest BCUT2D eigenvalue weighted by molar-refractivity contribution is 5.93. The summed E-state index contributed by atoms with van der Waals surface area (Å²) in [6.45, 7) is 5.89. The Bertz CT molecular complexity index is 912. The second-order valence-electron chi connectivity index (χ2n) is 6.59. The van der Waals surface area contributed by atoms with Gasteiger partial charge >= 0.3 is 0 Å². The van der Waals surface area contributed by atoms with Gasteiger partial charge in [0.2, 0.25) is 0 Å². The summed E-state index contributed by atoms with van der Waals surface area (Å²) in [6.07, 6.45) is 1.67. The maximum Gasteiger partial charge on any atom is 0.273 e. The summed E-state index contributed by atoms with van der Waals surface area (Å²) >= 11 is 0. The van der Waals surface area contributed by atoms with Crippen molar-refractivity contribution in [3.8, 4) is 11.3 Å². The number of nitrogens with zero attached hydrogens (tertiary/aromatic N) is 3. The van der Waals surface area contributed by atoms with Crippen molar-refractivity contribution in [3.63, 3.8) is 0 Å². The fourth-order valence-electron chi connectivity index (χ4n) is 2.77. The van der Waals surface area contributed by atoms with Crippen LogP contribution < -0.4 is 5.32 Å². The van der Waals surface area contributed by atoms with E-state index in [1.54, 1.807) is 29.1 Å². The topological polar surface area (TPSA) is 73.0 Å². The van der Waals surface area contributed by atoms with Gasteiger partial charge in [0.1, 0.15) is 5.82 Å². The largest absolute Gasteiger partial charge is 0.355 e. The second kappa shape index (κ2) is 7.11. The van der Waals surface area contributed by atoms with Crippen LogP contribution >= 0.6 is 0 Å². The van der Waals surface area contributed by atoms with Crippen LogP contribution in [0.1, 0.15) is 41.6 Å². The summed E-state index contributed by atoms with van der Waals surface area (Å²) in [7, 11) is 1.83. The predicted molar refractivity (Wildman–Crippen MR) is 94.9 cm³/mol. The van der Waals surface area contributed by atoms with Crippen LogP contribution in [0, 0.1) is 18.7 Å². The summed E-state index contributed by atoms with van der Waals surface area (Å²) in [5.41, 5.74) is 2.73. The second-order valence-corrected chi connectivity index (χ2v) is 6.59. The molecule has 1 amide bonds. The van der Waals surface area contributed by atoms with E-state index in [1.165, 1.54) is 12.1 Å². The Labute approximate surface area is 151 Å². The molecule has 26 heavy (non-hydrogen) atoms. The lowest BCUT2D eigenvalue weighted by molar-refractivity contribution is 0.0916. The fraction of sp³-hybridized carbons (Fsp3) is 0.316. The molecule has 0 fully saturated rings. The molecular weight excluding hydrogens is 335 g/mol. The van der Waals surface area contributed by atoms with Crippen LogP contribution in [0.5, 0.6) is 0 Å². The first kappa shape index (κ1) is 17.8. The van der Waals surface area contributed by atoms with Crippen molar-refractivity contribution in [1.29, 1.82) is 0 Å². The molecule has 1 N–H and O–H groups in total. The molecule has 0 saturated carbocycles. The molecule has 0 aliphatic heterocycles. The lowest BCUT2D eigenvalue weighted by atomic mass is 9.96. The summed E-state index contributed by atoms with van der Waals surface area (Å²) in [4.78, 5) is 12.6. The van der Waals surface area contributed by atoms with Crippen molar-refractivity contribution in [2.24, 2.45) is 13.0 Å². The molecule has 3 aromatic rings. The molecule has 0 bridgehead atoms. The maximum absolute atomic E-state index is 13.2. The minimum absolute atomic E-state index is 0.122. The standard InChI is InChI=1S/C19H21FN4O2/c1-11(2)18(13-5-7-14(20)8-6-13)22-19(25)16-9-17(26-23-16)15-10-21-24(4)12(15)3/h5-11,18H,1-4H3,(H,22,25)/t18-/m1/s1. The number of hydrogen-bond acceptors (Lipinski definition) is 4. The highest BCUT2D eigenvalue weighted by Crippen LogP contribution is 2.25. The zero-order valence-electron chi connectivity index (χ0n) is 15.2. The molecule has 0 aliphatic carbocycles. The molecule has 2 aromatic heterocycles. The molecule has 0 unspecified atom stereocenters. The molecule has 0 saturated heterocycles. The van der Waals surface area contributed by atoms with Gasteiger partial charge in [0, 0.05) is 18.8 Å². The fourth-order valence-corrected chi connectivity index (χ4v) is 2.77. The van der Waals surface area contributed by atoms with Crippen LogP contribution in [-0.2, 0) is 7.05 Å². The minimum Gasteiger partial charge on any atom is -0.355 e. The van der Waals surface area contributed by atoms with Gasteiger partial charge in [-0.1, -0.05) is 31.1 Å². The van der Waals surface area contributed by atoms with Gasteiger partial charge in [-0.25, -0.2) is 4.39 Å². The molecule has 2 heterocycles. The number of nitrogens with one attached hydrogen (secondary N) is 1. The van der Waals surface area contributed by atoms with Gasteiger partial charge in [0.15, 0.2) is 11.5 Å². The van der Waals surface area contributed by atoms with E-state index in [9.17, 15) is 9.18 Å². The molecular formula is C19H21FN4O2. The normalized spacial score (nSPS) is 12.4. The highest BCUT2D eigenvalue weighted by atomic mass is 19.1. The van der Waals surface area contributed by atoms with Gasteiger partial charge in [-0.05, 0) is 30.5 Å². The van der Waals surface area contributed by atoms with E-state index in [0.29, 0.717) is 5.76 Å².